The van der Waals surface area contributed by atoms with Crippen molar-refractivity contribution in [2.75, 3.05) is 0 Å². The van der Waals surface area contributed by atoms with Crippen molar-refractivity contribution in [3.05, 3.63) is 87.2 Å². The van der Waals surface area contributed by atoms with Crippen LogP contribution >= 0.6 is 0 Å². The van der Waals surface area contributed by atoms with Crippen molar-refractivity contribution in [1.29, 1.82) is 0 Å². The molecular formula is C19H9F5N2O3. The van der Waals surface area contributed by atoms with Gasteiger partial charge < -0.3 is 5.11 Å². The largest absolute Gasteiger partial charge is 0.507 e. The van der Waals surface area contributed by atoms with Crippen LogP contribution in [-0.2, 0) is 0 Å². The Labute approximate surface area is 159 Å². The molecule has 3 aromatic carbocycles. The van der Waals surface area contributed by atoms with E-state index in [0.717, 1.165) is 12.1 Å². The van der Waals surface area contributed by atoms with Crippen molar-refractivity contribution in [3.8, 4) is 16.9 Å². The Morgan fingerprint density at radius 2 is 1.45 bits per heavy atom. The highest BCUT2D eigenvalue weighted by Crippen LogP contribution is 2.36. The number of nitrogens with zero attached hydrogens (tertiary/aromatic N) is 2. The number of phenolic OH excluding ortho intramolecular Hbond substituents is 1. The first-order valence-electron chi connectivity index (χ1n) is 7.84. The third-order valence-corrected chi connectivity index (χ3v) is 3.94. The second-order valence-electron chi connectivity index (χ2n) is 5.73. The van der Waals surface area contributed by atoms with Gasteiger partial charge >= 0.3 is 0 Å². The Morgan fingerprint density at radius 3 is 2.00 bits per heavy atom. The molecule has 148 valence electrons. The zero-order chi connectivity index (χ0) is 21.3. The van der Waals surface area contributed by atoms with E-state index in [1.165, 1.54) is 0 Å². The minimum Gasteiger partial charge on any atom is -0.507 e. The van der Waals surface area contributed by atoms with Gasteiger partial charge in [0.25, 0.3) is 5.69 Å². The molecule has 0 atom stereocenters. The predicted molar refractivity (Wildman–Crippen MR) is 93.7 cm³/mol. The third kappa shape index (κ3) is 3.64. The Hall–Kier alpha value is -3.82. The first-order chi connectivity index (χ1) is 13.7. The summed E-state index contributed by atoms with van der Waals surface area (Å²) in [6.45, 7) is 0. The third-order valence-electron chi connectivity index (χ3n) is 3.94. The van der Waals surface area contributed by atoms with E-state index in [4.69, 9.17) is 0 Å². The maximum Gasteiger partial charge on any atom is 0.270 e. The number of halogens is 5. The quantitative estimate of drug-likeness (QED) is 0.157. The highest BCUT2D eigenvalue weighted by molar-refractivity contribution is 5.91. The topological polar surface area (TPSA) is 75.7 Å². The summed E-state index contributed by atoms with van der Waals surface area (Å²) in [5, 5.41) is 21.6. The Kier molecular flexibility index (Phi) is 5.26. The molecule has 3 aromatic rings. The van der Waals surface area contributed by atoms with Crippen LogP contribution in [0, 0.1) is 39.2 Å². The molecule has 0 aliphatic rings. The number of aliphatic imine (C=N–C) groups is 1. The molecule has 10 heteroatoms. The van der Waals surface area contributed by atoms with Crippen LogP contribution in [0.2, 0.25) is 0 Å². The van der Waals surface area contributed by atoms with Gasteiger partial charge in [-0.15, -0.1) is 0 Å². The molecule has 0 unspecified atom stereocenters. The summed E-state index contributed by atoms with van der Waals surface area (Å²) in [7, 11) is 0. The fraction of sp³-hybridized carbons (Fsp3) is 0. The molecule has 0 spiro atoms. The van der Waals surface area contributed by atoms with Gasteiger partial charge in [0, 0.05) is 29.5 Å². The Morgan fingerprint density at radius 1 is 0.897 bits per heavy atom. The maximum absolute atomic E-state index is 13.8. The molecule has 0 amide bonds. The van der Waals surface area contributed by atoms with Crippen LogP contribution in [-0.4, -0.2) is 16.2 Å². The molecule has 29 heavy (non-hydrogen) atoms. The summed E-state index contributed by atoms with van der Waals surface area (Å²) in [4.78, 5) is 13.6. The first kappa shape index (κ1) is 19.9. The van der Waals surface area contributed by atoms with E-state index in [1.54, 1.807) is 30.3 Å². The number of hydrogen-bond donors (Lipinski definition) is 1. The molecule has 1 N–H and O–H groups in total. The van der Waals surface area contributed by atoms with Crippen molar-refractivity contribution in [3.63, 3.8) is 0 Å². The second kappa shape index (κ2) is 7.66. The van der Waals surface area contributed by atoms with Crippen molar-refractivity contribution in [2.24, 2.45) is 4.99 Å². The van der Waals surface area contributed by atoms with E-state index in [-0.39, 0.29) is 11.1 Å². The van der Waals surface area contributed by atoms with Gasteiger partial charge in [0.05, 0.1) is 4.92 Å². The van der Waals surface area contributed by atoms with Gasteiger partial charge in [0.2, 0.25) is 5.82 Å². The fourth-order valence-corrected chi connectivity index (χ4v) is 2.52. The average Bonchev–Trinajstić information content (AvgIpc) is 2.72. The minimum absolute atomic E-state index is 0.0126. The molecule has 0 saturated heterocycles. The van der Waals surface area contributed by atoms with Crippen LogP contribution in [0.1, 0.15) is 5.56 Å². The molecule has 0 radical (unpaired) electrons. The van der Waals surface area contributed by atoms with Gasteiger partial charge in [0.15, 0.2) is 23.3 Å². The fourth-order valence-electron chi connectivity index (χ4n) is 2.52. The number of aromatic hydroxyl groups is 1. The second-order valence-corrected chi connectivity index (χ2v) is 5.73. The van der Waals surface area contributed by atoms with Gasteiger partial charge in [-0.05, 0) is 5.56 Å². The van der Waals surface area contributed by atoms with Gasteiger partial charge in [-0.25, -0.2) is 26.9 Å². The summed E-state index contributed by atoms with van der Waals surface area (Å²) in [6, 6.07) is 9.89. The van der Waals surface area contributed by atoms with Gasteiger partial charge in [-0.2, -0.15) is 0 Å². The van der Waals surface area contributed by atoms with Crippen LogP contribution in [0.15, 0.2) is 47.5 Å². The molecule has 3 rings (SSSR count). The van der Waals surface area contributed by atoms with Gasteiger partial charge in [0.1, 0.15) is 11.4 Å². The number of rotatable bonds is 4. The molecule has 0 aliphatic carbocycles. The lowest BCUT2D eigenvalue weighted by Crippen LogP contribution is -2.01. The molecule has 5 nitrogen and oxygen atoms in total. The summed E-state index contributed by atoms with van der Waals surface area (Å²) >= 11 is 0. The monoisotopic (exact) mass is 408 g/mol. The van der Waals surface area contributed by atoms with Crippen LogP contribution in [0.4, 0.5) is 33.3 Å². The summed E-state index contributed by atoms with van der Waals surface area (Å²) < 4.78 is 67.2. The minimum atomic E-state index is -2.34. The van der Waals surface area contributed by atoms with E-state index in [1.807, 2.05) is 0 Å². The lowest BCUT2D eigenvalue weighted by atomic mass is 10.0. The lowest BCUT2D eigenvalue weighted by Gasteiger charge is -2.08. The number of hydrogen-bond acceptors (Lipinski definition) is 4. The smallest absolute Gasteiger partial charge is 0.270 e. The van der Waals surface area contributed by atoms with Gasteiger partial charge in [-0.1, -0.05) is 30.3 Å². The van der Waals surface area contributed by atoms with Crippen molar-refractivity contribution >= 4 is 17.6 Å². The average molecular weight is 408 g/mol. The number of benzene rings is 3. The van der Waals surface area contributed by atoms with Crippen molar-refractivity contribution < 1.29 is 32.0 Å². The van der Waals surface area contributed by atoms with E-state index < -0.39 is 51.1 Å². The molecule has 0 aromatic heterocycles. The Bertz CT molecular complexity index is 1120. The summed E-state index contributed by atoms with van der Waals surface area (Å²) in [5.74, 6) is -11.6. The van der Waals surface area contributed by atoms with E-state index in [2.05, 4.69) is 4.99 Å². The summed E-state index contributed by atoms with van der Waals surface area (Å²) in [6.07, 6.45) is 0.576. The van der Waals surface area contributed by atoms with Crippen LogP contribution < -0.4 is 0 Å². The highest BCUT2D eigenvalue weighted by atomic mass is 19.2. The van der Waals surface area contributed by atoms with Crippen LogP contribution in [0.25, 0.3) is 11.1 Å². The molecule has 0 fully saturated rings. The number of nitro benzene ring substituents is 1. The van der Waals surface area contributed by atoms with Gasteiger partial charge in [-0.3, -0.25) is 10.1 Å². The van der Waals surface area contributed by atoms with E-state index in [0.29, 0.717) is 11.8 Å². The van der Waals surface area contributed by atoms with Crippen LogP contribution in [0.5, 0.6) is 5.75 Å². The van der Waals surface area contributed by atoms with Crippen LogP contribution in [0.3, 0.4) is 0 Å². The van der Waals surface area contributed by atoms with Crippen molar-refractivity contribution in [1.82, 2.24) is 0 Å². The molecule has 0 heterocycles. The highest BCUT2D eigenvalue weighted by Gasteiger charge is 2.25. The normalized spacial score (nSPS) is 11.2. The first-order valence-corrected chi connectivity index (χ1v) is 7.84. The Balaban J connectivity index is 2.18. The number of phenols is 1. The molecule has 0 saturated carbocycles. The maximum atomic E-state index is 13.8. The molecule has 0 bridgehead atoms. The lowest BCUT2D eigenvalue weighted by molar-refractivity contribution is -0.384. The summed E-state index contributed by atoms with van der Waals surface area (Å²) in [5.41, 5.74) is -1.94. The number of non-ortho nitro benzene ring substituents is 1. The van der Waals surface area contributed by atoms with E-state index in [9.17, 15) is 37.2 Å². The van der Waals surface area contributed by atoms with E-state index >= 15 is 0 Å². The number of nitro groups is 1. The standard InChI is InChI=1S/C19H9F5N2O3/c20-13-14(21)16(23)18(17(24)15(13)22)25-8-10-6-11(26(28)29)7-12(19(10)27)9-4-2-1-3-5-9/h1-8,27H. The SMILES string of the molecule is O=[N+]([O-])c1cc(C=Nc2c(F)c(F)c(F)c(F)c2F)c(O)c(-c2ccccc2)c1. The van der Waals surface area contributed by atoms with Crippen molar-refractivity contribution in [2.45, 2.75) is 0 Å². The molecular weight excluding hydrogens is 399 g/mol. The zero-order valence-corrected chi connectivity index (χ0v) is 14.2. The molecule has 0 aliphatic heterocycles. The zero-order valence-electron chi connectivity index (χ0n) is 14.2. The predicted octanol–water partition coefficient (Wildman–Crippen LogP) is 5.41.